The zero-order valence-corrected chi connectivity index (χ0v) is 9.18. The second kappa shape index (κ2) is 4.45. The number of aromatic nitrogens is 2. The van der Waals surface area contributed by atoms with Crippen molar-refractivity contribution < 1.29 is 4.74 Å². The Morgan fingerprint density at radius 1 is 1.56 bits per heavy atom. The minimum absolute atomic E-state index is 0.155. The summed E-state index contributed by atoms with van der Waals surface area (Å²) in [7, 11) is 0. The lowest BCUT2D eigenvalue weighted by Gasteiger charge is -2.33. The fourth-order valence-corrected chi connectivity index (χ4v) is 1.76. The molecule has 5 heteroatoms. The van der Waals surface area contributed by atoms with Crippen LogP contribution in [0.1, 0.15) is 24.2 Å². The molecule has 1 fully saturated rings. The Kier molecular flexibility index (Phi) is 3.02. The molecule has 0 atom stereocenters. The Balaban J connectivity index is 2.00. The Bertz CT molecular complexity index is 420. The van der Waals surface area contributed by atoms with Gasteiger partial charge in [0, 0.05) is 5.69 Å². The fourth-order valence-electron chi connectivity index (χ4n) is 1.76. The summed E-state index contributed by atoms with van der Waals surface area (Å²) in [5.41, 5.74) is 6.62. The lowest BCUT2D eigenvalue weighted by molar-refractivity contribution is 0.0601. The minimum Gasteiger partial charge on any atom is -0.460 e. The molecule has 1 aliphatic rings. The summed E-state index contributed by atoms with van der Waals surface area (Å²) in [5.74, 6) is 0.560. The number of nitrogens with two attached hydrogens (primary N) is 1. The third-order valence-electron chi connectivity index (χ3n) is 2.75. The van der Waals surface area contributed by atoms with Gasteiger partial charge in [0.05, 0.1) is 0 Å². The van der Waals surface area contributed by atoms with Crippen LogP contribution in [-0.4, -0.2) is 22.6 Å². The summed E-state index contributed by atoms with van der Waals surface area (Å²) in [6.07, 6.45) is 2.06. The van der Waals surface area contributed by atoms with Crippen molar-refractivity contribution in [2.45, 2.75) is 25.9 Å². The first kappa shape index (κ1) is 10.8. The van der Waals surface area contributed by atoms with Crippen molar-refractivity contribution in [2.24, 2.45) is 11.7 Å². The zero-order chi connectivity index (χ0) is 11.5. The Morgan fingerprint density at radius 2 is 2.31 bits per heavy atom. The molecule has 1 saturated carbocycles. The van der Waals surface area contributed by atoms with Crippen LogP contribution in [0, 0.1) is 24.2 Å². The number of aryl methyl sites for hydroxylation is 1. The predicted octanol–water partition coefficient (Wildman–Crippen LogP) is 0.773. The van der Waals surface area contributed by atoms with E-state index in [-0.39, 0.29) is 6.10 Å². The van der Waals surface area contributed by atoms with Crippen LogP contribution in [0.2, 0.25) is 0 Å². The third kappa shape index (κ3) is 2.28. The molecule has 1 heterocycles. The first-order chi connectivity index (χ1) is 7.71. The molecule has 2 rings (SSSR count). The van der Waals surface area contributed by atoms with Gasteiger partial charge in [0.1, 0.15) is 17.9 Å². The second-order valence-electron chi connectivity index (χ2n) is 4.10. The first-order valence-electron chi connectivity index (χ1n) is 5.33. The molecule has 1 aromatic rings. The number of ether oxygens (including phenoxy) is 1. The van der Waals surface area contributed by atoms with Gasteiger partial charge in [-0.25, -0.2) is 4.98 Å². The van der Waals surface area contributed by atoms with Gasteiger partial charge in [0.25, 0.3) is 0 Å². The molecule has 84 valence electrons. The SMILES string of the molecule is Cc1cc(C#N)nc(OC2CC(CN)C2)n1. The minimum atomic E-state index is 0.155. The Morgan fingerprint density at radius 3 is 2.94 bits per heavy atom. The topological polar surface area (TPSA) is 84.8 Å². The molecule has 1 aliphatic carbocycles. The summed E-state index contributed by atoms with van der Waals surface area (Å²) in [6.45, 7) is 2.52. The molecular formula is C11H14N4O. The van der Waals surface area contributed by atoms with Crippen LogP contribution in [0.4, 0.5) is 0 Å². The summed E-state index contributed by atoms with van der Waals surface area (Å²) in [4.78, 5) is 8.14. The maximum atomic E-state index is 8.76. The van der Waals surface area contributed by atoms with Gasteiger partial charge in [0.15, 0.2) is 0 Å². The Labute approximate surface area is 94.3 Å². The van der Waals surface area contributed by atoms with E-state index in [1.165, 1.54) is 0 Å². The Hall–Kier alpha value is -1.67. The van der Waals surface area contributed by atoms with Crippen LogP contribution in [-0.2, 0) is 0 Å². The molecule has 0 aliphatic heterocycles. The van der Waals surface area contributed by atoms with Crippen molar-refractivity contribution in [2.75, 3.05) is 6.54 Å². The number of rotatable bonds is 3. The maximum Gasteiger partial charge on any atom is 0.318 e. The normalized spacial score (nSPS) is 23.3. The highest BCUT2D eigenvalue weighted by molar-refractivity contribution is 5.23. The second-order valence-corrected chi connectivity index (χ2v) is 4.10. The van der Waals surface area contributed by atoms with Crippen molar-refractivity contribution in [3.8, 4) is 12.1 Å². The maximum absolute atomic E-state index is 8.76. The van der Waals surface area contributed by atoms with E-state index in [1.807, 2.05) is 13.0 Å². The highest BCUT2D eigenvalue weighted by atomic mass is 16.5. The van der Waals surface area contributed by atoms with Crippen LogP contribution in [0.25, 0.3) is 0 Å². The van der Waals surface area contributed by atoms with E-state index in [0.717, 1.165) is 18.5 Å². The van der Waals surface area contributed by atoms with Crippen LogP contribution in [0.15, 0.2) is 6.07 Å². The average molecular weight is 218 g/mol. The van der Waals surface area contributed by atoms with Gasteiger partial charge in [-0.15, -0.1) is 0 Å². The van der Waals surface area contributed by atoms with Crippen molar-refractivity contribution in [3.05, 3.63) is 17.5 Å². The molecule has 0 spiro atoms. The molecule has 0 saturated heterocycles. The van der Waals surface area contributed by atoms with E-state index in [1.54, 1.807) is 6.07 Å². The third-order valence-corrected chi connectivity index (χ3v) is 2.75. The predicted molar refractivity (Wildman–Crippen MR) is 57.7 cm³/mol. The van der Waals surface area contributed by atoms with Crippen molar-refractivity contribution in [1.29, 1.82) is 5.26 Å². The smallest absolute Gasteiger partial charge is 0.318 e. The number of hydrogen-bond acceptors (Lipinski definition) is 5. The summed E-state index contributed by atoms with van der Waals surface area (Å²) in [5, 5.41) is 8.76. The van der Waals surface area contributed by atoms with E-state index in [0.29, 0.717) is 24.2 Å². The van der Waals surface area contributed by atoms with Crippen LogP contribution in [0.3, 0.4) is 0 Å². The molecule has 1 aromatic heterocycles. The summed E-state index contributed by atoms with van der Waals surface area (Å²) < 4.78 is 5.58. The van der Waals surface area contributed by atoms with E-state index < -0.39 is 0 Å². The number of hydrogen-bond donors (Lipinski definition) is 1. The van der Waals surface area contributed by atoms with Crippen LogP contribution >= 0.6 is 0 Å². The van der Waals surface area contributed by atoms with Gasteiger partial charge in [0.2, 0.25) is 0 Å². The van der Waals surface area contributed by atoms with Gasteiger partial charge in [-0.3, -0.25) is 0 Å². The molecule has 2 N–H and O–H groups in total. The molecule has 5 nitrogen and oxygen atoms in total. The van der Waals surface area contributed by atoms with E-state index in [4.69, 9.17) is 15.7 Å². The quantitative estimate of drug-likeness (QED) is 0.810. The number of nitrogens with zero attached hydrogens (tertiary/aromatic N) is 3. The van der Waals surface area contributed by atoms with Gasteiger partial charge < -0.3 is 10.5 Å². The van der Waals surface area contributed by atoms with E-state index in [9.17, 15) is 0 Å². The fraction of sp³-hybridized carbons (Fsp3) is 0.545. The van der Waals surface area contributed by atoms with E-state index in [2.05, 4.69) is 9.97 Å². The van der Waals surface area contributed by atoms with Gasteiger partial charge >= 0.3 is 6.01 Å². The molecule has 0 aromatic carbocycles. The van der Waals surface area contributed by atoms with Gasteiger partial charge in [-0.1, -0.05) is 0 Å². The summed E-state index contributed by atoms with van der Waals surface area (Å²) in [6, 6.07) is 3.92. The standard InChI is InChI=1S/C11H14N4O/c1-7-2-9(6-13)15-11(14-7)16-10-3-8(4-10)5-12/h2,8,10H,3-5,12H2,1H3. The molecule has 0 unspecified atom stereocenters. The summed E-state index contributed by atoms with van der Waals surface area (Å²) >= 11 is 0. The lowest BCUT2D eigenvalue weighted by Crippen LogP contribution is -2.38. The van der Waals surface area contributed by atoms with Crippen LogP contribution in [0.5, 0.6) is 6.01 Å². The zero-order valence-electron chi connectivity index (χ0n) is 9.18. The largest absolute Gasteiger partial charge is 0.460 e. The molecule has 0 amide bonds. The molecule has 0 radical (unpaired) electrons. The highest BCUT2D eigenvalue weighted by Gasteiger charge is 2.30. The van der Waals surface area contributed by atoms with Crippen molar-refractivity contribution >= 4 is 0 Å². The van der Waals surface area contributed by atoms with Gasteiger partial charge in [-0.2, -0.15) is 10.2 Å². The van der Waals surface area contributed by atoms with Crippen molar-refractivity contribution in [1.82, 2.24) is 9.97 Å². The molecule has 0 bridgehead atoms. The first-order valence-corrected chi connectivity index (χ1v) is 5.33. The highest BCUT2D eigenvalue weighted by Crippen LogP contribution is 2.29. The van der Waals surface area contributed by atoms with E-state index >= 15 is 0 Å². The lowest BCUT2D eigenvalue weighted by atomic mass is 9.82. The average Bonchev–Trinajstić information content (AvgIpc) is 2.22. The monoisotopic (exact) mass is 218 g/mol. The van der Waals surface area contributed by atoms with Gasteiger partial charge in [-0.05, 0) is 38.3 Å². The van der Waals surface area contributed by atoms with Crippen LogP contribution < -0.4 is 10.5 Å². The number of nitriles is 1. The molecular weight excluding hydrogens is 204 g/mol. The van der Waals surface area contributed by atoms with Crippen molar-refractivity contribution in [3.63, 3.8) is 0 Å². The molecule has 16 heavy (non-hydrogen) atoms.